The molecule has 0 saturated heterocycles. The van der Waals surface area contributed by atoms with Crippen LogP contribution in [0, 0.1) is 6.92 Å². The van der Waals surface area contributed by atoms with E-state index in [0.29, 0.717) is 28.2 Å². The van der Waals surface area contributed by atoms with E-state index in [2.05, 4.69) is 20.0 Å². The number of benzene rings is 3. The summed E-state index contributed by atoms with van der Waals surface area (Å²) in [6.07, 6.45) is 0. The van der Waals surface area contributed by atoms with E-state index in [9.17, 15) is 8.42 Å². The number of para-hydroxylation sites is 2. The van der Waals surface area contributed by atoms with Gasteiger partial charge in [-0.1, -0.05) is 29.8 Å². The minimum atomic E-state index is -3.86. The van der Waals surface area contributed by atoms with Gasteiger partial charge in [0.05, 0.1) is 15.9 Å². The summed E-state index contributed by atoms with van der Waals surface area (Å²) < 4.78 is 39.2. The molecule has 0 spiro atoms. The second kappa shape index (κ2) is 7.44. The van der Waals surface area contributed by atoms with Gasteiger partial charge in [0.25, 0.3) is 10.0 Å². The zero-order chi connectivity index (χ0) is 21.4. The Morgan fingerprint density at radius 3 is 2.26 bits per heavy atom. The van der Waals surface area contributed by atoms with Gasteiger partial charge >= 0.3 is 0 Å². The second-order valence-corrected chi connectivity index (χ2v) is 8.70. The molecule has 5 rings (SSSR count). The van der Waals surface area contributed by atoms with Gasteiger partial charge in [-0.25, -0.2) is 18.4 Å². The quantitative estimate of drug-likeness (QED) is 0.485. The van der Waals surface area contributed by atoms with Gasteiger partial charge in [-0.05, 0) is 43.3 Å². The molecule has 1 aromatic heterocycles. The van der Waals surface area contributed by atoms with Crippen molar-refractivity contribution in [3.8, 4) is 11.5 Å². The number of hydrogen-bond donors (Lipinski definition) is 2. The highest BCUT2D eigenvalue weighted by atomic mass is 32.2. The summed E-state index contributed by atoms with van der Waals surface area (Å²) in [5, 5.41) is 3.14. The molecule has 9 heteroatoms. The normalized spacial score (nSPS) is 12.7. The number of ether oxygens (including phenoxy) is 2. The van der Waals surface area contributed by atoms with Crippen LogP contribution in [-0.2, 0) is 10.0 Å². The molecule has 0 amide bonds. The van der Waals surface area contributed by atoms with Crippen molar-refractivity contribution in [1.29, 1.82) is 0 Å². The predicted molar refractivity (Wildman–Crippen MR) is 117 cm³/mol. The largest absolute Gasteiger partial charge is 0.454 e. The van der Waals surface area contributed by atoms with Crippen molar-refractivity contribution < 1.29 is 17.9 Å². The van der Waals surface area contributed by atoms with Crippen molar-refractivity contribution in [2.75, 3.05) is 16.8 Å². The number of sulfonamides is 1. The highest BCUT2D eigenvalue weighted by Crippen LogP contribution is 2.36. The van der Waals surface area contributed by atoms with Crippen LogP contribution < -0.4 is 19.5 Å². The molecule has 1 aliphatic heterocycles. The Balaban J connectivity index is 1.55. The second-order valence-electron chi connectivity index (χ2n) is 7.02. The Hall–Kier alpha value is -3.85. The van der Waals surface area contributed by atoms with Crippen LogP contribution in [0.1, 0.15) is 5.56 Å². The summed E-state index contributed by atoms with van der Waals surface area (Å²) in [7, 11) is -3.86. The number of rotatable bonds is 5. The molecule has 3 aromatic carbocycles. The monoisotopic (exact) mass is 434 g/mol. The van der Waals surface area contributed by atoms with Gasteiger partial charge in [-0.2, -0.15) is 0 Å². The minimum Gasteiger partial charge on any atom is -0.454 e. The van der Waals surface area contributed by atoms with Crippen LogP contribution in [0.3, 0.4) is 0 Å². The molecular weight excluding hydrogens is 416 g/mol. The molecule has 0 saturated carbocycles. The first-order valence-electron chi connectivity index (χ1n) is 9.51. The molecule has 4 aromatic rings. The lowest BCUT2D eigenvalue weighted by molar-refractivity contribution is 0.174. The van der Waals surface area contributed by atoms with Gasteiger partial charge in [-0.15, -0.1) is 0 Å². The number of nitrogens with zero attached hydrogens (tertiary/aromatic N) is 2. The van der Waals surface area contributed by atoms with E-state index in [0.717, 1.165) is 5.56 Å². The topological polar surface area (TPSA) is 102 Å². The number of hydrogen-bond acceptors (Lipinski definition) is 7. The van der Waals surface area contributed by atoms with E-state index < -0.39 is 10.0 Å². The molecule has 0 aliphatic carbocycles. The Bertz CT molecular complexity index is 1390. The lowest BCUT2D eigenvalue weighted by Crippen LogP contribution is -2.16. The van der Waals surface area contributed by atoms with Gasteiger partial charge in [0.1, 0.15) is 0 Å². The number of nitrogens with one attached hydrogen (secondary N) is 2. The Kier molecular flexibility index (Phi) is 4.59. The Morgan fingerprint density at radius 1 is 0.839 bits per heavy atom. The summed E-state index contributed by atoms with van der Waals surface area (Å²) in [6, 6.07) is 19.2. The van der Waals surface area contributed by atoms with E-state index in [4.69, 9.17) is 9.47 Å². The van der Waals surface area contributed by atoms with Gasteiger partial charge in [0.15, 0.2) is 23.1 Å². The summed E-state index contributed by atoms with van der Waals surface area (Å²) in [5.74, 6) is 1.61. The zero-order valence-corrected chi connectivity index (χ0v) is 17.3. The average molecular weight is 434 g/mol. The maximum absolute atomic E-state index is 13.0. The van der Waals surface area contributed by atoms with Crippen LogP contribution in [0.25, 0.3) is 11.0 Å². The standard InChI is InChI=1S/C22H18N4O4S/c1-14-6-9-16(10-7-14)31(27,28)26-22-21(24-17-4-2-3-5-18(17)25-22)23-15-8-11-19-20(12-15)30-13-29-19/h2-12H,13H2,1H3,(H,23,24)(H,25,26). The highest BCUT2D eigenvalue weighted by molar-refractivity contribution is 7.92. The van der Waals surface area contributed by atoms with Crippen LogP contribution in [0.4, 0.5) is 17.3 Å². The van der Waals surface area contributed by atoms with Crippen LogP contribution >= 0.6 is 0 Å². The van der Waals surface area contributed by atoms with Crippen molar-refractivity contribution in [2.45, 2.75) is 11.8 Å². The van der Waals surface area contributed by atoms with E-state index in [1.54, 1.807) is 48.5 Å². The van der Waals surface area contributed by atoms with Gasteiger partial charge in [0.2, 0.25) is 6.79 Å². The Morgan fingerprint density at radius 2 is 1.52 bits per heavy atom. The van der Waals surface area contributed by atoms with Crippen molar-refractivity contribution in [3.05, 3.63) is 72.3 Å². The maximum atomic E-state index is 13.0. The van der Waals surface area contributed by atoms with Crippen LogP contribution in [0.2, 0.25) is 0 Å². The Labute approximate surface area is 178 Å². The van der Waals surface area contributed by atoms with Crippen LogP contribution in [0.15, 0.2) is 71.6 Å². The lowest BCUT2D eigenvalue weighted by atomic mass is 10.2. The summed E-state index contributed by atoms with van der Waals surface area (Å²) in [5.41, 5.74) is 2.82. The molecule has 2 N–H and O–H groups in total. The van der Waals surface area contributed by atoms with E-state index >= 15 is 0 Å². The van der Waals surface area contributed by atoms with Crippen molar-refractivity contribution in [2.24, 2.45) is 0 Å². The molecule has 8 nitrogen and oxygen atoms in total. The SMILES string of the molecule is Cc1ccc(S(=O)(=O)Nc2nc3ccccc3nc2Nc2ccc3c(c2)OCO3)cc1. The van der Waals surface area contributed by atoms with E-state index in [1.165, 1.54) is 0 Å². The first kappa shape index (κ1) is 19.1. The molecule has 156 valence electrons. The first-order valence-corrected chi connectivity index (χ1v) is 11.0. The van der Waals surface area contributed by atoms with Crippen LogP contribution in [-0.4, -0.2) is 25.2 Å². The first-order chi connectivity index (χ1) is 15.0. The fraction of sp³-hybridized carbons (Fsp3) is 0.0909. The van der Waals surface area contributed by atoms with Gasteiger partial charge in [0, 0.05) is 11.8 Å². The molecule has 2 heterocycles. The summed E-state index contributed by atoms with van der Waals surface area (Å²) >= 11 is 0. The minimum absolute atomic E-state index is 0.0944. The third kappa shape index (κ3) is 3.82. The third-order valence-electron chi connectivity index (χ3n) is 4.77. The van der Waals surface area contributed by atoms with E-state index in [-0.39, 0.29) is 23.3 Å². The summed E-state index contributed by atoms with van der Waals surface area (Å²) in [4.78, 5) is 9.23. The number of aromatic nitrogens is 2. The number of aryl methyl sites for hydroxylation is 1. The highest BCUT2D eigenvalue weighted by Gasteiger charge is 2.20. The van der Waals surface area contributed by atoms with Crippen molar-refractivity contribution >= 4 is 38.4 Å². The number of anilines is 3. The maximum Gasteiger partial charge on any atom is 0.263 e. The zero-order valence-electron chi connectivity index (χ0n) is 16.5. The van der Waals surface area contributed by atoms with Crippen molar-refractivity contribution in [1.82, 2.24) is 9.97 Å². The average Bonchev–Trinajstić information content (AvgIpc) is 3.22. The summed E-state index contributed by atoms with van der Waals surface area (Å²) in [6.45, 7) is 2.06. The van der Waals surface area contributed by atoms with E-state index in [1.807, 2.05) is 25.1 Å². The molecule has 31 heavy (non-hydrogen) atoms. The molecular formula is C22H18N4O4S. The predicted octanol–water partition coefficient (Wildman–Crippen LogP) is 4.21. The molecule has 0 atom stereocenters. The van der Waals surface area contributed by atoms with Crippen LogP contribution in [0.5, 0.6) is 11.5 Å². The molecule has 0 bridgehead atoms. The van der Waals surface area contributed by atoms with Gasteiger partial charge < -0.3 is 14.8 Å². The fourth-order valence-corrected chi connectivity index (χ4v) is 4.18. The number of fused-ring (bicyclic) bond motifs is 2. The van der Waals surface area contributed by atoms with Gasteiger partial charge in [-0.3, -0.25) is 4.72 Å². The fourth-order valence-electron chi connectivity index (χ4n) is 3.17. The molecule has 0 fully saturated rings. The molecule has 0 unspecified atom stereocenters. The lowest BCUT2D eigenvalue weighted by Gasteiger charge is -2.14. The molecule has 1 aliphatic rings. The molecule has 0 radical (unpaired) electrons. The smallest absolute Gasteiger partial charge is 0.263 e. The van der Waals surface area contributed by atoms with Crippen molar-refractivity contribution in [3.63, 3.8) is 0 Å². The third-order valence-corrected chi connectivity index (χ3v) is 6.12.